The van der Waals surface area contributed by atoms with E-state index in [1.807, 2.05) is 0 Å². The topological polar surface area (TPSA) is 21.3 Å². The van der Waals surface area contributed by atoms with Gasteiger partial charge in [-0.1, -0.05) is 32.6 Å². The van der Waals surface area contributed by atoms with Crippen LogP contribution >= 0.6 is 0 Å². The van der Waals surface area contributed by atoms with Crippen molar-refractivity contribution in [1.82, 2.24) is 5.32 Å². The van der Waals surface area contributed by atoms with E-state index in [0.717, 1.165) is 12.5 Å². The lowest BCUT2D eigenvalue weighted by Gasteiger charge is -2.48. The van der Waals surface area contributed by atoms with Crippen LogP contribution < -0.4 is 5.32 Å². The maximum Gasteiger partial charge on any atom is 0.0685 e. The molecule has 2 heteroatoms. The zero-order chi connectivity index (χ0) is 13.2. The molecule has 1 saturated carbocycles. The second kappa shape index (κ2) is 5.73. The van der Waals surface area contributed by atoms with Crippen LogP contribution in [0.25, 0.3) is 0 Å². The van der Waals surface area contributed by atoms with Gasteiger partial charge in [-0.15, -0.1) is 0 Å². The summed E-state index contributed by atoms with van der Waals surface area (Å²) >= 11 is 0. The lowest BCUT2D eigenvalue weighted by atomic mass is 9.70. The second-order valence-corrected chi connectivity index (χ2v) is 7.18. The molecule has 0 aromatic rings. The van der Waals surface area contributed by atoms with Crippen LogP contribution in [0.15, 0.2) is 0 Å². The van der Waals surface area contributed by atoms with Gasteiger partial charge < -0.3 is 10.1 Å². The van der Waals surface area contributed by atoms with Gasteiger partial charge in [0.1, 0.15) is 0 Å². The van der Waals surface area contributed by atoms with Crippen LogP contribution in [0.1, 0.15) is 77.6 Å². The van der Waals surface area contributed by atoms with Gasteiger partial charge in [-0.2, -0.15) is 0 Å². The van der Waals surface area contributed by atoms with Gasteiger partial charge in [-0.3, -0.25) is 0 Å². The minimum absolute atomic E-state index is 0.277. The first-order valence-electron chi connectivity index (χ1n) is 8.68. The largest absolute Gasteiger partial charge is 0.375 e. The van der Waals surface area contributed by atoms with Crippen molar-refractivity contribution >= 4 is 0 Å². The smallest absolute Gasteiger partial charge is 0.0685 e. The van der Waals surface area contributed by atoms with Gasteiger partial charge in [0.15, 0.2) is 0 Å². The minimum Gasteiger partial charge on any atom is -0.375 e. The van der Waals surface area contributed by atoms with Gasteiger partial charge >= 0.3 is 0 Å². The molecule has 0 amide bonds. The van der Waals surface area contributed by atoms with Crippen molar-refractivity contribution in [3.05, 3.63) is 0 Å². The zero-order valence-corrected chi connectivity index (χ0v) is 12.7. The predicted molar refractivity (Wildman–Crippen MR) is 79.4 cm³/mol. The van der Waals surface area contributed by atoms with E-state index in [-0.39, 0.29) is 5.60 Å². The Morgan fingerprint density at radius 2 is 1.84 bits per heavy atom. The molecule has 1 N–H and O–H groups in total. The van der Waals surface area contributed by atoms with E-state index in [2.05, 4.69) is 12.2 Å². The molecule has 2 heterocycles. The molecule has 2 aliphatic heterocycles. The van der Waals surface area contributed by atoms with Crippen LogP contribution in [0, 0.1) is 5.92 Å². The first-order valence-corrected chi connectivity index (χ1v) is 8.68. The van der Waals surface area contributed by atoms with Crippen LogP contribution in [0.3, 0.4) is 0 Å². The summed E-state index contributed by atoms with van der Waals surface area (Å²) in [6.07, 6.45) is 14.9. The Bertz CT molecular complexity index is 288. The minimum atomic E-state index is 0.277. The fourth-order valence-corrected chi connectivity index (χ4v) is 4.97. The van der Waals surface area contributed by atoms with Crippen LogP contribution in [-0.2, 0) is 4.74 Å². The van der Waals surface area contributed by atoms with Crippen LogP contribution in [0.4, 0.5) is 0 Å². The Hall–Kier alpha value is -0.0800. The Morgan fingerprint density at radius 1 is 1.05 bits per heavy atom. The maximum absolute atomic E-state index is 6.24. The lowest BCUT2D eigenvalue weighted by Crippen LogP contribution is -2.55. The molecule has 19 heavy (non-hydrogen) atoms. The van der Waals surface area contributed by atoms with Crippen molar-refractivity contribution in [2.75, 3.05) is 13.2 Å². The van der Waals surface area contributed by atoms with E-state index in [9.17, 15) is 0 Å². The third kappa shape index (κ3) is 2.71. The summed E-state index contributed by atoms with van der Waals surface area (Å²) in [5.74, 6) is 0.849. The average Bonchev–Trinajstić information content (AvgIpc) is 2.76. The molecule has 0 radical (unpaired) electrons. The van der Waals surface area contributed by atoms with Crippen molar-refractivity contribution < 1.29 is 4.74 Å². The van der Waals surface area contributed by atoms with E-state index >= 15 is 0 Å². The highest BCUT2D eigenvalue weighted by Crippen LogP contribution is 2.47. The van der Waals surface area contributed by atoms with Gasteiger partial charge in [0, 0.05) is 12.1 Å². The molecule has 0 aromatic carbocycles. The summed E-state index contributed by atoms with van der Waals surface area (Å²) in [7, 11) is 0. The zero-order valence-electron chi connectivity index (χ0n) is 12.7. The molecule has 1 spiro atoms. The summed E-state index contributed by atoms with van der Waals surface area (Å²) < 4.78 is 6.24. The van der Waals surface area contributed by atoms with Gasteiger partial charge in [0.25, 0.3) is 0 Å². The van der Waals surface area contributed by atoms with Gasteiger partial charge in [-0.05, 0) is 57.4 Å². The Balaban J connectivity index is 1.74. The summed E-state index contributed by atoms with van der Waals surface area (Å²) in [4.78, 5) is 0. The quantitative estimate of drug-likeness (QED) is 0.813. The number of ether oxygens (including phenoxy) is 1. The number of nitrogens with one attached hydrogen (secondary N) is 1. The number of rotatable bonds is 2. The first-order chi connectivity index (χ1) is 9.29. The lowest BCUT2D eigenvalue weighted by molar-refractivity contribution is -0.109. The van der Waals surface area contributed by atoms with Gasteiger partial charge in [0.2, 0.25) is 0 Å². The van der Waals surface area contributed by atoms with Crippen molar-refractivity contribution in [2.24, 2.45) is 5.92 Å². The molecular weight excluding hydrogens is 234 g/mol. The van der Waals surface area contributed by atoms with Crippen LogP contribution in [0.5, 0.6) is 0 Å². The van der Waals surface area contributed by atoms with Crippen molar-refractivity contribution in [2.45, 2.75) is 88.7 Å². The molecule has 0 bridgehead atoms. The highest BCUT2D eigenvalue weighted by atomic mass is 16.5. The maximum atomic E-state index is 6.24. The van der Waals surface area contributed by atoms with Crippen molar-refractivity contribution in [1.29, 1.82) is 0 Å². The van der Waals surface area contributed by atoms with Gasteiger partial charge in [-0.25, -0.2) is 0 Å². The third-order valence-electron chi connectivity index (χ3n) is 6.20. The highest BCUT2D eigenvalue weighted by Gasteiger charge is 2.46. The van der Waals surface area contributed by atoms with Crippen LogP contribution in [-0.4, -0.2) is 24.3 Å². The molecule has 2 atom stereocenters. The standard InChI is InChI=1S/C17H31NO/c1-2-17(11-4-3-7-12-18-17)15-8-13-19-16(14-15)9-5-6-10-16/h15,18H,2-14H2,1H3. The first kappa shape index (κ1) is 13.9. The summed E-state index contributed by atoms with van der Waals surface area (Å²) in [6, 6.07) is 0. The van der Waals surface area contributed by atoms with Crippen molar-refractivity contribution in [3.8, 4) is 0 Å². The van der Waals surface area contributed by atoms with Crippen molar-refractivity contribution in [3.63, 3.8) is 0 Å². The van der Waals surface area contributed by atoms with E-state index in [1.165, 1.54) is 77.2 Å². The fourth-order valence-electron chi connectivity index (χ4n) is 4.97. The monoisotopic (exact) mass is 265 g/mol. The number of hydrogen-bond donors (Lipinski definition) is 1. The molecule has 2 unspecified atom stereocenters. The third-order valence-corrected chi connectivity index (χ3v) is 6.20. The molecule has 2 saturated heterocycles. The molecule has 1 aliphatic carbocycles. The molecular formula is C17H31NO. The summed E-state index contributed by atoms with van der Waals surface area (Å²) in [5, 5.41) is 3.97. The summed E-state index contributed by atoms with van der Waals surface area (Å²) in [6.45, 7) is 4.64. The molecule has 3 rings (SSSR count). The molecule has 3 fully saturated rings. The van der Waals surface area contributed by atoms with E-state index in [0.29, 0.717) is 5.54 Å². The molecule has 110 valence electrons. The normalized spacial score (nSPS) is 39.3. The molecule has 0 aromatic heterocycles. The average molecular weight is 265 g/mol. The predicted octanol–water partition coefficient (Wildman–Crippen LogP) is 4.04. The summed E-state index contributed by atoms with van der Waals surface area (Å²) in [5.41, 5.74) is 0.703. The van der Waals surface area contributed by atoms with E-state index in [1.54, 1.807) is 0 Å². The van der Waals surface area contributed by atoms with E-state index < -0.39 is 0 Å². The highest BCUT2D eigenvalue weighted by molar-refractivity contribution is 5.01. The fraction of sp³-hybridized carbons (Fsp3) is 1.00. The SMILES string of the molecule is CCC1(C2CCOC3(CCCC3)C2)CCCCCN1. The molecule has 2 nitrogen and oxygen atoms in total. The van der Waals surface area contributed by atoms with E-state index in [4.69, 9.17) is 4.74 Å². The number of hydrogen-bond acceptors (Lipinski definition) is 2. The molecule has 3 aliphatic rings. The Kier molecular flexibility index (Phi) is 4.19. The Labute approximate surface area is 118 Å². The second-order valence-electron chi connectivity index (χ2n) is 7.18. The Morgan fingerprint density at radius 3 is 2.63 bits per heavy atom. The van der Waals surface area contributed by atoms with Gasteiger partial charge in [0.05, 0.1) is 5.60 Å². The van der Waals surface area contributed by atoms with Crippen LogP contribution in [0.2, 0.25) is 0 Å².